The van der Waals surface area contributed by atoms with Crippen LogP contribution >= 0.6 is 11.6 Å². The van der Waals surface area contributed by atoms with Crippen LogP contribution in [0, 0.1) is 0 Å². The fraction of sp³-hybridized carbons (Fsp3) is 0.812. The predicted octanol–water partition coefficient (Wildman–Crippen LogP) is 1.84. The van der Waals surface area contributed by atoms with Gasteiger partial charge in [0.1, 0.15) is 5.82 Å². The van der Waals surface area contributed by atoms with Gasteiger partial charge in [0.05, 0.1) is 5.69 Å². The van der Waals surface area contributed by atoms with Gasteiger partial charge in [-0.05, 0) is 13.5 Å². The monoisotopic (exact) mass is 325 g/mol. The average molecular weight is 326 g/mol. The molecule has 124 valence electrons. The van der Waals surface area contributed by atoms with E-state index in [-0.39, 0.29) is 0 Å². The van der Waals surface area contributed by atoms with E-state index >= 15 is 0 Å². The molecule has 0 amide bonds. The molecule has 1 aromatic rings. The number of aromatic nitrogens is 2. The highest BCUT2D eigenvalue weighted by atomic mass is 35.5. The minimum Gasteiger partial charge on any atom is -0.344 e. The Balaban J connectivity index is 1.58. The van der Waals surface area contributed by atoms with E-state index in [2.05, 4.69) is 38.6 Å². The van der Waals surface area contributed by atoms with Crippen molar-refractivity contribution in [2.24, 2.45) is 0 Å². The van der Waals surface area contributed by atoms with Crippen LogP contribution in [0.1, 0.15) is 31.3 Å². The largest absolute Gasteiger partial charge is 0.344 e. The summed E-state index contributed by atoms with van der Waals surface area (Å²) < 4.78 is 0. The van der Waals surface area contributed by atoms with Crippen molar-refractivity contribution in [3.05, 3.63) is 16.7 Å². The first-order valence-corrected chi connectivity index (χ1v) is 8.91. The molecule has 2 aliphatic rings. The zero-order valence-electron chi connectivity index (χ0n) is 13.8. The Kier molecular flexibility index (Phi) is 5.39. The van der Waals surface area contributed by atoms with Gasteiger partial charge in [0, 0.05) is 58.3 Å². The molecule has 2 fully saturated rings. The Morgan fingerprint density at radius 3 is 2.86 bits per heavy atom. The number of halogens is 1. The summed E-state index contributed by atoms with van der Waals surface area (Å²) in [6.45, 7) is 10.1. The summed E-state index contributed by atoms with van der Waals surface area (Å²) in [5.74, 6) is 1.04. The van der Waals surface area contributed by atoms with E-state index in [0.717, 1.165) is 44.0 Å². The summed E-state index contributed by atoms with van der Waals surface area (Å²) in [5, 5.41) is 0.661. The molecular formula is C16H28ClN5. The number of hydrogen-bond donors (Lipinski definition) is 1. The van der Waals surface area contributed by atoms with Crippen LogP contribution in [-0.2, 0) is 13.0 Å². The normalized spacial score (nSPS) is 24.6. The number of aromatic amines is 1. The van der Waals surface area contributed by atoms with Crippen LogP contribution in [0.4, 0.5) is 0 Å². The number of hydrogen-bond acceptors (Lipinski definition) is 4. The lowest BCUT2D eigenvalue weighted by Gasteiger charge is -2.46. The molecule has 0 spiro atoms. The van der Waals surface area contributed by atoms with Crippen molar-refractivity contribution in [1.82, 2.24) is 24.7 Å². The summed E-state index contributed by atoms with van der Waals surface area (Å²) >= 11 is 6.32. The van der Waals surface area contributed by atoms with E-state index < -0.39 is 0 Å². The molecule has 0 unspecified atom stereocenters. The molecule has 1 atom stereocenters. The molecule has 2 aliphatic heterocycles. The van der Waals surface area contributed by atoms with Crippen molar-refractivity contribution >= 4 is 11.6 Å². The number of fused-ring (bicyclic) bond motifs is 1. The summed E-state index contributed by atoms with van der Waals surface area (Å²) in [7, 11) is 2.22. The quantitative estimate of drug-likeness (QED) is 0.896. The highest BCUT2D eigenvalue weighted by Crippen LogP contribution is 2.20. The average Bonchev–Trinajstić information content (AvgIpc) is 2.85. The molecule has 2 saturated heterocycles. The summed E-state index contributed by atoms with van der Waals surface area (Å²) in [6.07, 6.45) is 3.35. The predicted molar refractivity (Wildman–Crippen MR) is 90.3 cm³/mol. The number of unbranched alkanes of at least 4 members (excludes halogenated alkanes) is 1. The van der Waals surface area contributed by atoms with Crippen LogP contribution in [0.15, 0.2) is 0 Å². The second-order valence-electron chi connectivity index (χ2n) is 6.74. The van der Waals surface area contributed by atoms with Gasteiger partial charge in [-0.25, -0.2) is 4.98 Å². The Bertz CT molecular complexity index is 489. The molecule has 0 saturated carbocycles. The Labute approximate surface area is 138 Å². The van der Waals surface area contributed by atoms with Crippen LogP contribution < -0.4 is 0 Å². The minimum atomic E-state index is 0.661. The van der Waals surface area contributed by atoms with Gasteiger partial charge >= 0.3 is 0 Å². The van der Waals surface area contributed by atoms with Crippen LogP contribution in [0.25, 0.3) is 0 Å². The number of nitrogens with zero attached hydrogens (tertiary/aromatic N) is 4. The lowest BCUT2D eigenvalue weighted by Crippen LogP contribution is -2.61. The number of H-pyrrole nitrogens is 1. The topological polar surface area (TPSA) is 38.4 Å². The number of nitrogens with one attached hydrogen (secondary N) is 1. The highest BCUT2D eigenvalue weighted by Gasteiger charge is 2.31. The van der Waals surface area contributed by atoms with Gasteiger partial charge < -0.3 is 9.88 Å². The molecule has 0 aromatic carbocycles. The number of piperazine rings is 2. The second-order valence-corrected chi connectivity index (χ2v) is 7.10. The second kappa shape index (κ2) is 7.30. The van der Waals surface area contributed by atoms with Gasteiger partial charge in [0.15, 0.2) is 5.15 Å². The maximum absolute atomic E-state index is 6.32. The zero-order chi connectivity index (χ0) is 15.5. The van der Waals surface area contributed by atoms with Gasteiger partial charge in [0.25, 0.3) is 0 Å². The van der Waals surface area contributed by atoms with Crippen LogP contribution in [0.5, 0.6) is 0 Å². The van der Waals surface area contributed by atoms with E-state index in [9.17, 15) is 0 Å². The number of rotatable bonds is 5. The van der Waals surface area contributed by atoms with Gasteiger partial charge in [-0.15, -0.1) is 0 Å². The van der Waals surface area contributed by atoms with Crippen molar-refractivity contribution in [3.8, 4) is 0 Å². The van der Waals surface area contributed by atoms with Crippen molar-refractivity contribution < 1.29 is 0 Å². The minimum absolute atomic E-state index is 0.661. The third-order valence-electron chi connectivity index (χ3n) is 4.91. The van der Waals surface area contributed by atoms with Gasteiger partial charge in [0.2, 0.25) is 0 Å². The zero-order valence-corrected chi connectivity index (χ0v) is 14.6. The number of imidazole rings is 1. The summed E-state index contributed by atoms with van der Waals surface area (Å²) in [6, 6.07) is 0.661. The molecule has 3 rings (SSSR count). The van der Waals surface area contributed by atoms with Gasteiger partial charge in [-0.1, -0.05) is 24.9 Å². The maximum atomic E-state index is 6.32. The van der Waals surface area contributed by atoms with Crippen molar-refractivity contribution in [2.45, 2.75) is 38.8 Å². The third-order valence-corrected chi connectivity index (χ3v) is 5.22. The third kappa shape index (κ3) is 3.82. The molecule has 6 heteroatoms. The van der Waals surface area contributed by atoms with E-state index in [1.54, 1.807) is 0 Å². The molecule has 22 heavy (non-hydrogen) atoms. The molecule has 3 heterocycles. The molecule has 0 radical (unpaired) electrons. The molecule has 1 N–H and O–H groups in total. The van der Waals surface area contributed by atoms with E-state index in [1.165, 1.54) is 32.6 Å². The molecule has 0 bridgehead atoms. The van der Waals surface area contributed by atoms with Gasteiger partial charge in [-0.2, -0.15) is 0 Å². The van der Waals surface area contributed by atoms with E-state index in [4.69, 9.17) is 11.6 Å². The van der Waals surface area contributed by atoms with Crippen LogP contribution in [-0.4, -0.2) is 77.0 Å². The first kappa shape index (κ1) is 16.2. The number of aryl methyl sites for hydroxylation is 1. The van der Waals surface area contributed by atoms with Crippen LogP contribution in [0.2, 0.25) is 5.15 Å². The Hall–Kier alpha value is -0.620. The van der Waals surface area contributed by atoms with E-state index in [1.807, 2.05) is 0 Å². The maximum Gasteiger partial charge on any atom is 0.151 e. The van der Waals surface area contributed by atoms with Crippen molar-refractivity contribution in [3.63, 3.8) is 0 Å². The summed E-state index contributed by atoms with van der Waals surface area (Å²) in [4.78, 5) is 15.5. The molecule has 0 aliphatic carbocycles. The van der Waals surface area contributed by atoms with Gasteiger partial charge in [-0.3, -0.25) is 9.80 Å². The van der Waals surface area contributed by atoms with Crippen LogP contribution in [0.3, 0.4) is 0 Å². The summed E-state index contributed by atoms with van der Waals surface area (Å²) in [5.41, 5.74) is 1.09. The molecule has 1 aromatic heterocycles. The van der Waals surface area contributed by atoms with Crippen molar-refractivity contribution in [1.29, 1.82) is 0 Å². The first-order chi connectivity index (χ1) is 10.7. The lowest BCUT2D eigenvalue weighted by molar-refractivity contribution is 0.0171. The first-order valence-electron chi connectivity index (χ1n) is 8.54. The fourth-order valence-corrected chi connectivity index (χ4v) is 3.76. The van der Waals surface area contributed by atoms with Crippen molar-refractivity contribution in [2.75, 3.05) is 46.3 Å². The highest BCUT2D eigenvalue weighted by molar-refractivity contribution is 6.30. The number of likely N-dealkylation sites (N-methyl/N-ethyl adjacent to an activating group) is 1. The fourth-order valence-electron chi connectivity index (χ4n) is 3.55. The standard InChI is InChI=1S/C16H28ClN5/c1-3-4-5-15-18-14(16(17)19-15)12-21-7-9-22-8-6-20(2)10-13(22)11-21/h13H,3-12H2,1-2H3,(H,18,19)/t13-/m0/s1. The van der Waals surface area contributed by atoms with E-state index in [0.29, 0.717) is 11.2 Å². The SMILES string of the molecule is CCCCc1nc(Cl)c(CN2CCN3CCN(C)C[C@H]3C2)[nH]1. The smallest absolute Gasteiger partial charge is 0.151 e. The molecule has 5 nitrogen and oxygen atoms in total. The Morgan fingerprint density at radius 2 is 2.05 bits per heavy atom. The Morgan fingerprint density at radius 1 is 1.23 bits per heavy atom. The lowest BCUT2D eigenvalue weighted by atomic mass is 10.1. The molecular weight excluding hydrogens is 298 g/mol.